The van der Waals surface area contributed by atoms with Crippen LogP contribution in [0.4, 0.5) is 0 Å². The van der Waals surface area contributed by atoms with Crippen molar-refractivity contribution in [2.75, 3.05) is 0 Å². The van der Waals surface area contributed by atoms with Crippen LogP contribution in [-0.4, -0.2) is 16.2 Å². The van der Waals surface area contributed by atoms with Crippen LogP contribution in [0.25, 0.3) is 0 Å². The van der Waals surface area contributed by atoms with E-state index in [0.717, 1.165) is 44.1 Å². The van der Waals surface area contributed by atoms with Crippen LogP contribution in [0.5, 0.6) is 0 Å². The SMILES string of the molecule is CC12CCC(=CO)C=C1CCC1C2CCC2(C)C(C(=O)O)CCC12. The predicted octanol–water partition coefficient (Wildman–Crippen LogP) is 5.09. The molecule has 3 nitrogen and oxygen atoms in total. The lowest BCUT2D eigenvalue weighted by molar-refractivity contribution is -0.149. The van der Waals surface area contributed by atoms with Crippen molar-refractivity contribution in [3.05, 3.63) is 23.5 Å². The molecule has 0 amide bonds. The van der Waals surface area contributed by atoms with Crippen LogP contribution in [0.3, 0.4) is 0 Å². The van der Waals surface area contributed by atoms with Crippen LogP contribution < -0.4 is 0 Å². The van der Waals surface area contributed by atoms with E-state index in [1.807, 2.05) is 0 Å². The monoisotopic (exact) mass is 330 g/mol. The Labute approximate surface area is 144 Å². The van der Waals surface area contributed by atoms with E-state index in [1.165, 1.54) is 24.7 Å². The molecule has 0 heterocycles. The molecule has 4 aliphatic rings. The zero-order valence-corrected chi connectivity index (χ0v) is 14.9. The van der Waals surface area contributed by atoms with Crippen LogP contribution in [0.2, 0.25) is 0 Å². The van der Waals surface area contributed by atoms with Gasteiger partial charge in [0, 0.05) is 0 Å². The van der Waals surface area contributed by atoms with E-state index >= 15 is 0 Å². The molecule has 3 fully saturated rings. The molecule has 3 saturated carbocycles. The average Bonchev–Trinajstić information content (AvgIpc) is 2.91. The Kier molecular flexibility index (Phi) is 3.63. The number of carboxylic acid groups (broad SMARTS) is 1. The molecule has 0 saturated heterocycles. The molecule has 2 N–H and O–H groups in total. The Morgan fingerprint density at radius 3 is 2.62 bits per heavy atom. The number of carbonyl (C=O) groups is 1. The van der Waals surface area contributed by atoms with Gasteiger partial charge < -0.3 is 10.2 Å². The standard InChI is InChI=1S/C21H30O3/c1-20-9-7-13(12-22)11-14(20)3-4-15-16-5-6-18(19(23)24)21(16,2)10-8-17(15)20/h11-12,15-18,22H,3-10H2,1-2H3,(H,23,24). The van der Waals surface area contributed by atoms with E-state index in [9.17, 15) is 15.0 Å². The summed E-state index contributed by atoms with van der Waals surface area (Å²) in [6.45, 7) is 4.71. The molecule has 3 heteroatoms. The van der Waals surface area contributed by atoms with E-state index in [2.05, 4.69) is 19.9 Å². The number of carboxylic acids is 1. The van der Waals surface area contributed by atoms with Gasteiger partial charge in [0.05, 0.1) is 12.2 Å². The molecule has 6 unspecified atom stereocenters. The fraction of sp³-hybridized carbons (Fsp3) is 0.762. The van der Waals surface area contributed by atoms with E-state index in [1.54, 1.807) is 0 Å². The van der Waals surface area contributed by atoms with Crippen molar-refractivity contribution in [3.63, 3.8) is 0 Å². The largest absolute Gasteiger partial charge is 0.515 e. The molecule has 0 aromatic rings. The molecule has 0 aliphatic heterocycles. The van der Waals surface area contributed by atoms with Crippen molar-refractivity contribution in [1.82, 2.24) is 0 Å². The predicted molar refractivity (Wildman–Crippen MR) is 93.5 cm³/mol. The van der Waals surface area contributed by atoms with Gasteiger partial charge >= 0.3 is 5.97 Å². The van der Waals surface area contributed by atoms with Gasteiger partial charge in [-0.2, -0.15) is 0 Å². The second-order valence-corrected chi connectivity index (χ2v) is 9.22. The summed E-state index contributed by atoms with van der Waals surface area (Å²) in [5.41, 5.74) is 2.88. The third-order valence-electron chi connectivity index (χ3n) is 8.49. The highest BCUT2D eigenvalue weighted by molar-refractivity contribution is 5.71. The molecule has 0 spiro atoms. The van der Waals surface area contributed by atoms with Crippen LogP contribution in [0, 0.1) is 34.5 Å². The molecule has 0 radical (unpaired) electrons. The first-order chi connectivity index (χ1) is 11.4. The summed E-state index contributed by atoms with van der Waals surface area (Å²) in [5, 5.41) is 19.0. The number of hydrogen-bond acceptors (Lipinski definition) is 2. The van der Waals surface area contributed by atoms with Crippen molar-refractivity contribution < 1.29 is 15.0 Å². The zero-order chi connectivity index (χ0) is 17.1. The van der Waals surface area contributed by atoms with E-state index < -0.39 is 5.97 Å². The maximum atomic E-state index is 11.7. The second kappa shape index (κ2) is 5.37. The highest BCUT2D eigenvalue weighted by atomic mass is 16.4. The van der Waals surface area contributed by atoms with Crippen molar-refractivity contribution in [2.24, 2.45) is 34.5 Å². The fourth-order valence-corrected chi connectivity index (χ4v) is 7.12. The third-order valence-corrected chi connectivity index (χ3v) is 8.49. The lowest BCUT2D eigenvalue weighted by Gasteiger charge is -2.58. The summed E-state index contributed by atoms with van der Waals surface area (Å²) in [6.07, 6.45) is 12.2. The van der Waals surface area contributed by atoms with Crippen molar-refractivity contribution >= 4 is 5.97 Å². The Morgan fingerprint density at radius 1 is 1.12 bits per heavy atom. The minimum absolute atomic E-state index is 0.00933. The Hall–Kier alpha value is -1.25. The first-order valence-electron chi connectivity index (χ1n) is 9.67. The Morgan fingerprint density at radius 2 is 1.92 bits per heavy atom. The van der Waals surface area contributed by atoms with Crippen LogP contribution >= 0.6 is 0 Å². The zero-order valence-electron chi connectivity index (χ0n) is 14.9. The van der Waals surface area contributed by atoms with E-state index in [4.69, 9.17) is 0 Å². The number of hydrogen-bond donors (Lipinski definition) is 2. The number of rotatable bonds is 1. The molecular weight excluding hydrogens is 300 g/mol. The summed E-state index contributed by atoms with van der Waals surface area (Å²) < 4.78 is 0. The number of aliphatic hydroxyl groups excluding tert-OH is 1. The maximum absolute atomic E-state index is 11.7. The molecule has 4 rings (SSSR count). The topological polar surface area (TPSA) is 57.5 Å². The van der Waals surface area contributed by atoms with Gasteiger partial charge in [-0.1, -0.05) is 25.5 Å². The van der Waals surface area contributed by atoms with Gasteiger partial charge in [0.15, 0.2) is 0 Å². The average molecular weight is 330 g/mol. The van der Waals surface area contributed by atoms with Gasteiger partial charge in [-0.15, -0.1) is 0 Å². The van der Waals surface area contributed by atoms with Crippen molar-refractivity contribution in [3.8, 4) is 0 Å². The van der Waals surface area contributed by atoms with Gasteiger partial charge in [-0.05, 0) is 85.5 Å². The van der Waals surface area contributed by atoms with Gasteiger partial charge in [0.1, 0.15) is 0 Å². The summed E-state index contributed by atoms with van der Waals surface area (Å²) in [7, 11) is 0. The maximum Gasteiger partial charge on any atom is 0.307 e. The molecular formula is C21H30O3. The lowest BCUT2D eigenvalue weighted by Crippen LogP contribution is -2.50. The van der Waals surface area contributed by atoms with Crippen molar-refractivity contribution in [2.45, 2.75) is 65.2 Å². The van der Waals surface area contributed by atoms with E-state index in [-0.39, 0.29) is 16.7 Å². The molecule has 0 bridgehead atoms. The smallest absolute Gasteiger partial charge is 0.307 e. The van der Waals surface area contributed by atoms with Crippen LogP contribution in [-0.2, 0) is 4.79 Å². The number of fused-ring (bicyclic) bond motifs is 5. The van der Waals surface area contributed by atoms with Crippen LogP contribution in [0.15, 0.2) is 23.5 Å². The van der Waals surface area contributed by atoms with Gasteiger partial charge in [0.25, 0.3) is 0 Å². The quantitative estimate of drug-likeness (QED) is 0.658. The summed E-state index contributed by atoms with van der Waals surface area (Å²) in [4.78, 5) is 11.7. The Bertz CT molecular complexity index is 619. The first kappa shape index (κ1) is 16.2. The van der Waals surface area contributed by atoms with Crippen LogP contribution in [0.1, 0.15) is 65.2 Å². The molecule has 4 aliphatic carbocycles. The lowest BCUT2D eigenvalue weighted by atomic mass is 9.47. The number of aliphatic hydroxyl groups is 1. The highest BCUT2D eigenvalue weighted by Crippen LogP contribution is 2.66. The minimum atomic E-state index is -0.573. The minimum Gasteiger partial charge on any atom is -0.515 e. The molecule has 0 aromatic heterocycles. The summed E-state index contributed by atoms with van der Waals surface area (Å²) in [6, 6.07) is 0. The summed E-state index contributed by atoms with van der Waals surface area (Å²) >= 11 is 0. The third kappa shape index (κ3) is 2.06. The molecule has 132 valence electrons. The molecule has 24 heavy (non-hydrogen) atoms. The van der Waals surface area contributed by atoms with Gasteiger partial charge in [-0.3, -0.25) is 4.79 Å². The first-order valence-corrected chi connectivity index (χ1v) is 9.67. The molecule has 6 atom stereocenters. The Balaban J connectivity index is 1.66. The number of allylic oxidation sites excluding steroid dienone is 3. The fourth-order valence-electron chi connectivity index (χ4n) is 7.12. The van der Waals surface area contributed by atoms with E-state index in [0.29, 0.717) is 17.8 Å². The number of aliphatic carboxylic acids is 1. The van der Waals surface area contributed by atoms with Gasteiger partial charge in [0.2, 0.25) is 0 Å². The van der Waals surface area contributed by atoms with Crippen molar-refractivity contribution in [1.29, 1.82) is 0 Å². The molecule has 0 aromatic carbocycles. The second-order valence-electron chi connectivity index (χ2n) is 9.22. The highest BCUT2D eigenvalue weighted by Gasteiger charge is 2.60. The summed E-state index contributed by atoms with van der Waals surface area (Å²) in [5.74, 6) is 1.27. The van der Waals surface area contributed by atoms with Gasteiger partial charge in [-0.25, -0.2) is 0 Å². The normalized spacial score (nSPS) is 49.1.